The lowest BCUT2D eigenvalue weighted by Crippen LogP contribution is -2.39. The van der Waals surface area contributed by atoms with Crippen LogP contribution in [0.2, 0.25) is 0 Å². The monoisotopic (exact) mass is 285 g/mol. The quantitative estimate of drug-likeness (QED) is 0.655. The first-order chi connectivity index (χ1) is 9.67. The fourth-order valence-corrected chi connectivity index (χ4v) is 2.56. The highest BCUT2D eigenvalue weighted by Crippen LogP contribution is 2.25. The lowest BCUT2D eigenvalue weighted by atomic mass is 9.83. The zero-order chi connectivity index (χ0) is 14.8. The minimum Gasteiger partial charge on any atom is -0.382 e. The molecule has 1 fully saturated rings. The molecule has 0 unspecified atom stereocenters. The van der Waals surface area contributed by atoms with Crippen LogP contribution < -0.4 is 5.32 Å². The fraction of sp³-hybridized carbons (Fsp3) is 0.867. The summed E-state index contributed by atoms with van der Waals surface area (Å²) in [6.45, 7) is 3.42. The number of hydrogen-bond acceptors (Lipinski definition) is 4. The average molecular weight is 285 g/mol. The van der Waals surface area contributed by atoms with Crippen LogP contribution in [0, 0.1) is 5.92 Å². The Balaban J connectivity index is 2.10. The van der Waals surface area contributed by atoms with Crippen LogP contribution in [0.15, 0.2) is 0 Å². The molecule has 1 aliphatic rings. The number of amides is 1. The van der Waals surface area contributed by atoms with Gasteiger partial charge in [-0.15, -0.1) is 0 Å². The second-order valence-electron chi connectivity index (χ2n) is 5.29. The molecule has 0 spiro atoms. The molecular formula is C15H27NO4. The van der Waals surface area contributed by atoms with Gasteiger partial charge in [0.2, 0.25) is 5.91 Å². The maximum absolute atomic E-state index is 11.7. The molecule has 0 aromatic heterocycles. The van der Waals surface area contributed by atoms with Crippen LogP contribution in [-0.4, -0.2) is 44.7 Å². The zero-order valence-electron chi connectivity index (χ0n) is 12.7. The number of carbonyl (C=O) groups is 2. The summed E-state index contributed by atoms with van der Waals surface area (Å²) in [6, 6.07) is 0.224. The number of carbonyl (C=O) groups excluding carboxylic acids is 2. The Morgan fingerprint density at radius 2 is 1.80 bits per heavy atom. The molecule has 0 bridgehead atoms. The van der Waals surface area contributed by atoms with E-state index in [2.05, 4.69) is 5.32 Å². The third-order valence-electron chi connectivity index (χ3n) is 3.80. The molecule has 0 aliphatic heterocycles. The van der Waals surface area contributed by atoms with Crippen LogP contribution in [-0.2, 0) is 19.1 Å². The Bertz CT molecular complexity index is 298. The van der Waals surface area contributed by atoms with Crippen LogP contribution in [0.3, 0.4) is 0 Å². The molecule has 5 nitrogen and oxygen atoms in total. The molecule has 1 saturated carbocycles. The van der Waals surface area contributed by atoms with E-state index < -0.39 is 0 Å². The molecule has 0 aromatic carbocycles. The summed E-state index contributed by atoms with van der Waals surface area (Å²) in [6.07, 6.45) is 4.64. The number of ketones is 1. The van der Waals surface area contributed by atoms with Gasteiger partial charge >= 0.3 is 0 Å². The van der Waals surface area contributed by atoms with Crippen LogP contribution in [0.25, 0.3) is 0 Å². The van der Waals surface area contributed by atoms with Gasteiger partial charge in [-0.3, -0.25) is 9.59 Å². The largest absolute Gasteiger partial charge is 0.382 e. The van der Waals surface area contributed by atoms with Gasteiger partial charge in [0.15, 0.2) is 0 Å². The van der Waals surface area contributed by atoms with E-state index in [4.69, 9.17) is 9.47 Å². The smallest absolute Gasteiger partial charge is 0.222 e. The van der Waals surface area contributed by atoms with E-state index in [-0.39, 0.29) is 17.9 Å². The van der Waals surface area contributed by atoms with E-state index in [1.54, 1.807) is 7.11 Å². The summed E-state index contributed by atoms with van der Waals surface area (Å²) in [5, 5.41) is 3.03. The first-order valence-electron chi connectivity index (χ1n) is 7.56. The van der Waals surface area contributed by atoms with E-state index in [1.807, 2.05) is 6.92 Å². The molecule has 1 amide bonds. The Morgan fingerprint density at radius 3 is 2.40 bits per heavy atom. The van der Waals surface area contributed by atoms with Gasteiger partial charge in [-0.25, -0.2) is 0 Å². The molecule has 0 heterocycles. The Morgan fingerprint density at radius 1 is 1.10 bits per heavy atom. The number of rotatable bonds is 9. The molecule has 0 saturated heterocycles. The highest BCUT2D eigenvalue weighted by Gasteiger charge is 2.25. The number of hydrogen-bond donors (Lipinski definition) is 1. The standard InChI is InChI=1S/C15H27NO4/c1-3-14(17)12-4-6-13(7-5-12)16-15(18)8-9-20-11-10-19-2/h12-13H,3-11H2,1-2H3,(H,16,18)/t12-,13+. The summed E-state index contributed by atoms with van der Waals surface area (Å²) in [4.78, 5) is 23.3. The first-order valence-corrected chi connectivity index (χ1v) is 7.56. The lowest BCUT2D eigenvalue weighted by molar-refractivity contribution is -0.124. The maximum Gasteiger partial charge on any atom is 0.222 e. The highest BCUT2D eigenvalue weighted by molar-refractivity contribution is 5.80. The molecule has 20 heavy (non-hydrogen) atoms. The van der Waals surface area contributed by atoms with Crippen LogP contribution in [0.1, 0.15) is 45.4 Å². The maximum atomic E-state index is 11.7. The highest BCUT2D eigenvalue weighted by atomic mass is 16.5. The van der Waals surface area contributed by atoms with E-state index >= 15 is 0 Å². The van der Waals surface area contributed by atoms with Gasteiger partial charge in [0.1, 0.15) is 5.78 Å². The van der Waals surface area contributed by atoms with Crippen LogP contribution >= 0.6 is 0 Å². The van der Waals surface area contributed by atoms with Crippen molar-refractivity contribution in [3.05, 3.63) is 0 Å². The Kier molecular flexibility index (Phi) is 8.46. The van der Waals surface area contributed by atoms with Gasteiger partial charge in [0, 0.05) is 31.9 Å². The van der Waals surface area contributed by atoms with Gasteiger partial charge in [-0.1, -0.05) is 6.92 Å². The van der Waals surface area contributed by atoms with Crippen molar-refractivity contribution in [2.24, 2.45) is 5.92 Å². The van der Waals surface area contributed by atoms with Gasteiger partial charge in [0.25, 0.3) is 0 Å². The third-order valence-corrected chi connectivity index (χ3v) is 3.80. The second-order valence-corrected chi connectivity index (χ2v) is 5.29. The predicted octanol–water partition coefficient (Wildman–Crippen LogP) is 1.69. The van der Waals surface area contributed by atoms with Gasteiger partial charge in [-0.2, -0.15) is 0 Å². The number of Topliss-reactive ketones (excluding diaryl/α,β-unsaturated/α-hetero) is 1. The molecule has 0 atom stereocenters. The third kappa shape index (κ3) is 6.48. The molecule has 116 valence electrons. The summed E-state index contributed by atoms with van der Waals surface area (Å²) in [5.41, 5.74) is 0. The minimum absolute atomic E-state index is 0.0349. The SMILES string of the molecule is CCC(=O)[C@H]1CC[C@@H](NC(=O)CCOCCOC)CC1. The summed E-state index contributed by atoms with van der Waals surface area (Å²) in [5.74, 6) is 0.611. The van der Waals surface area contributed by atoms with Crippen molar-refractivity contribution in [2.45, 2.75) is 51.5 Å². The predicted molar refractivity (Wildman–Crippen MR) is 76.5 cm³/mol. The second kappa shape index (κ2) is 9.88. The molecule has 1 N–H and O–H groups in total. The molecule has 5 heteroatoms. The number of methoxy groups -OCH3 is 1. The van der Waals surface area contributed by atoms with Gasteiger partial charge < -0.3 is 14.8 Å². The number of ether oxygens (including phenoxy) is 2. The molecule has 0 aromatic rings. The zero-order valence-corrected chi connectivity index (χ0v) is 12.7. The van der Waals surface area contributed by atoms with Crippen molar-refractivity contribution < 1.29 is 19.1 Å². The molecule has 1 rings (SSSR count). The van der Waals surface area contributed by atoms with Crippen molar-refractivity contribution in [3.63, 3.8) is 0 Å². The molecule has 1 aliphatic carbocycles. The van der Waals surface area contributed by atoms with Crippen molar-refractivity contribution in [2.75, 3.05) is 26.9 Å². The molecule has 0 radical (unpaired) electrons. The van der Waals surface area contributed by atoms with E-state index in [1.165, 1.54) is 0 Å². The van der Waals surface area contributed by atoms with E-state index in [9.17, 15) is 9.59 Å². The van der Waals surface area contributed by atoms with Crippen LogP contribution in [0.4, 0.5) is 0 Å². The van der Waals surface area contributed by atoms with Crippen molar-refractivity contribution in [1.82, 2.24) is 5.32 Å². The topological polar surface area (TPSA) is 64.6 Å². The number of nitrogens with one attached hydrogen (secondary N) is 1. The lowest BCUT2D eigenvalue weighted by Gasteiger charge is -2.28. The van der Waals surface area contributed by atoms with Gasteiger partial charge in [0.05, 0.1) is 19.8 Å². The first kappa shape index (κ1) is 17.1. The average Bonchev–Trinajstić information content (AvgIpc) is 2.47. The molecular weight excluding hydrogens is 258 g/mol. The van der Waals surface area contributed by atoms with Crippen LogP contribution in [0.5, 0.6) is 0 Å². The van der Waals surface area contributed by atoms with E-state index in [0.29, 0.717) is 38.4 Å². The normalized spacial score (nSPS) is 22.5. The van der Waals surface area contributed by atoms with Crippen molar-refractivity contribution in [3.8, 4) is 0 Å². The van der Waals surface area contributed by atoms with Crippen molar-refractivity contribution in [1.29, 1.82) is 0 Å². The summed E-state index contributed by atoms with van der Waals surface area (Å²) in [7, 11) is 1.62. The summed E-state index contributed by atoms with van der Waals surface area (Å²) < 4.78 is 10.1. The Labute approximate surface area is 121 Å². The van der Waals surface area contributed by atoms with Crippen molar-refractivity contribution >= 4 is 11.7 Å². The van der Waals surface area contributed by atoms with Gasteiger partial charge in [-0.05, 0) is 25.7 Å². The Hall–Kier alpha value is -0.940. The minimum atomic E-state index is 0.0349. The fourth-order valence-electron chi connectivity index (χ4n) is 2.56. The summed E-state index contributed by atoms with van der Waals surface area (Å²) >= 11 is 0. The van der Waals surface area contributed by atoms with E-state index in [0.717, 1.165) is 25.7 Å².